The van der Waals surface area contributed by atoms with Crippen molar-refractivity contribution in [2.45, 2.75) is 5.60 Å². The number of methoxy groups -OCH3 is 2. The number of hydrogen-bond acceptors (Lipinski definition) is 6. The van der Waals surface area contributed by atoms with E-state index in [4.69, 9.17) is 13.7 Å². The van der Waals surface area contributed by atoms with Gasteiger partial charge >= 0.3 is 0 Å². The molecule has 7 heteroatoms. The highest BCUT2D eigenvalue weighted by Crippen LogP contribution is 2.32. The fraction of sp³-hybridized carbons (Fsp3) is 0.294. The third-order valence-corrected chi connectivity index (χ3v) is 4.16. The van der Waals surface area contributed by atoms with Gasteiger partial charge in [-0.2, -0.15) is 8.42 Å². The molecule has 24 heavy (non-hydrogen) atoms. The zero-order chi connectivity index (χ0) is 17.8. The largest absolute Gasteiger partial charge is 0.497 e. The molecular weight excluding hydrogens is 332 g/mol. The fourth-order valence-corrected chi connectivity index (χ4v) is 2.64. The maximum absolute atomic E-state index is 11.4. The van der Waals surface area contributed by atoms with Crippen molar-refractivity contribution in [2.24, 2.45) is 0 Å². The van der Waals surface area contributed by atoms with Crippen molar-refractivity contribution in [2.75, 3.05) is 27.1 Å². The summed E-state index contributed by atoms with van der Waals surface area (Å²) in [4.78, 5) is 0. The molecule has 0 fully saturated rings. The first kappa shape index (κ1) is 18.3. The van der Waals surface area contributed by atoms with Gasteiger partial charge in [0.25, 0.3) is 10.1 Å². The zero-order valence-corrected chi connectivity index (χ0v) is 14.5. The van der Waals surface area contributed by atoms with E-state index in [9.17, 15) is 13.5 Å². The van der Waals surface area contributed by atoms with E-state index in [-0.39, 0.29) is 0 Å². The van der Waals surface area contributed by atoms with E-state index in [1.54, 1.807) is 48.5 Å². The summed E-state index contributed by atoms with van der Waals surface area (Å²) in [6, 6.07) is 13.4. The molecule has 0 aromatic heterocycles. The van der Waals surface area contributed by atoms with Crippen LogP contribution < -0.4 is 9.47 Å². The normalized spacial score (nSPS) is 12.0. The van der Waals surface area contributed by atoms with Crippen molar-refractivity contribution in [3.05, 3.63) is 59.7 Å². The molecule has 1 N–H and O–H groups in total. The van der Waals surface area contributed by atoms with Crippen molar-refractivity contribution >= 4 is 10.1 Å². The maximum Gasteiger partial charge on any atom is 0.264 e. The molecule has 0 saturated heterocycles. The van der Waals surface area contributed by atoms with Crippen LogP contribution in [0.1, 0.15) is 11.1 Å². The third-order valence-electron chi connectivity index (χ3n) is 3.62. The van der Waals surface area contributed by atoms with Crippen LogP contribution in [-0.2, 0) is 19.9 Å². The minimum absolute atomic E-state index is 0.440. The summed E-state index contributed by atoms with van der Waals surface area (Å²) in [6.07, 6.45) is 0.940. The Morgan fingerprint density at radius 3 is 1.54 bits per heavy atom. The van der Waals surface area contributed by atoms with Gasteiger partial charge in [0.2, 0.25) is 0 Å². The first-order chi connectivity index (χ1) is 11.3. The average molecular weight is 352 g/mol. The summed E-state index contributed by atoms with van der Waals surface area (Å²) in [5, 5.41) is 11.2. The van der Waals surface area contributed by atoms with Crippen molar-refractivity contribution in [3.63, 3.8) is 0 Å². The molecule has 2 rings (SSSR count). The Balaban J connectivity index is 2.45. The van der Waals surface area contributed by atoms with Gasteiger partial charge in [0.05, 0.1) is 20.5 Å². The van der Waals surface area contributed by atoms with Gasteiger partial charge in [0, 0.05) is 0 Å². The highest BCUT2D eigenvalue weighted by Gasteiger charge is 2.33. The SMILES string of the molecule is COc1ccc(C(O)(COS(C)(=O)=O)c2ccc(OC)cc2)cc1. The Hall–Kier alpha value is -2.09. The van der Waals surface area contributed by atoms with E-state index in [1.807, 2.05) is 0 Å². The highest BCUT2D eigenvalue weighted by atomic mass is 32.2. The minimum Gasteiger partial charge on any atom is -0.497 e. The predicted octanol–water partition coefficient (Wildman–Crippen LogP) is 1.92. The van der Waals surface area contributed by atoms with Crippen molar-refractivity contribution in [3.8, 4) is 11.5 Å². The second-order valence-corrected chi connectivity index (χ2v) is 6.93. The van der Waals surface area contributed by atoms with E-state index in [0.29, 0.717) is 22.6 Å². The molecule has 0 aliphatic rings. The molecule has 0 unspecified atom stereocenters. The topological polar surface area (TPSA) is 82.1 Å². The second-order valence-electron chi connectivity index (χ2n) is 5.28. The molecule has 0 aliphatic heterocycles. The molecule has 0 saturated carbocycles. The lowest BCUT2D eigenvalue weighted by Gasteiger charge is -2.29. The van der Waals surface area contributed by atoms with Crippen LogP contribution in [0.3, 0.4) is 0 Å². The summed E-state index contributed by atoms with van der Waals surface area (Å²) >= 11 is 0. The average Bonchev–Trinajstić information content (AvgIpc) is 2.59. The maximum atomic E-state index is 11.4. The lowest BCUT2D eigenvalue weighted by Crippen LogP contribution is -2.34. The minimum atomic E-state index is -3.71. The number of aliphatic hydroxyl groups is 1. The lowest BCUT2D eigenvalue weighted by molar-refractivity contribution is 0.0303. The smallest absolute Gasteiger partial charge is 0.264 e. The van der Waals surface area contributed by atoms with Crippen LogP contribution >= 0.6 is 0 Å². The summed E-state index contributed by atoms with van der Waals surface area (Å²) in [6.45, 7) is -0.440. The van der Waals surface area contributed by atoms with Gasteiger partial charge < -0.3 is 14.6 Å². The van der Waals surface area contributed by atoms with Crippen LogP contribution in [0, 0.1) is 0 Å². The molecule has 0 atom stereocenters. The van der Waals surface area contributed by atoms with E-state index in [1.165, 1.54) is 14.2 Å². The molecule has 0 bridgehead atoms. The van der Waals surface area contributed by atoms with Crippen LogP contribution in [0.15, 0.2) is 48.5 Å². The molecule has 0 heterocycles. The zero-order valence-electron chi connectivity index (χ0n) is 13.7. The summed E-state index contributed by atoms with van der Waals surface area (Å²) < 4.78 is 37.8. The molecule has 6 nitrogen and oxygen atoms in total. The van der Waals surface area contributed by atoms with Gasteiger partial charge in [-0.15, -0.1) is 0 Å². The van der Waals surface area contributed by atoms with Crippen LogP contribution in [0.5, 0.6) is 11.5 Å². The van der Waals surface area contributed by atoms with Crippen molar-refractivity contribution in [1.82, 2.24) is 0 Å². The third kappa shape index (κ3) is 4.25. The van der Waals surface area contributed by atoms with E-state index >= 15 is 0 Å². The summed E-state index contributed by atoms with van der Waals surface area (Å²) in [5.41, 5.74) is -0.670. The van der Waals surface area contributed by atoms with Crippen LogP contribution in [0.25, 0.3) is 0 Å². The number of ether oxygens (including phenoxy) is 2. The molecule has 2 aromatic rings. The van der Waals surface area contributed by atoms with Crippen molar-refractivity contribution in [1.29, 1.82) is 0 Å². The quantitative estimate of drug-likeness (QED) is 0.767. The lowest BCUT2D eigenvalue weighted by atomic mass is 9.87. The summed E-state index contributed by atoms with van der Waals surface area (Å²) in [5.74, 6) is 1.25. The molecule has 130 valence electrons. The molecule has 0 amide bonds. The Labute approximate surface area is 141 Å². The van der Waals surface area contributed by atoms with Gasteiger partial charge in [0.15, 0.2) is 0 Å². The van der Waals surface area contributed by atoms with Gasteiger partial charge in [0.1, 0.15) is 23.7 Å². The fourth-order valence-electron chi connectivity index (χ4n) is 2.26. The van der Waals surface area contributed by atoms with E-state index in [0.717, 1.165) is 6.26 Å². The number of hydrogen-bond donors (Lipinski definition) is 1. The second kappa shape index (κ2) is 7.21. The van der Waals surface area contributed by atoms with Crippen LogP contribution in [0.4, 0.5) is 0 Å². The van der Waals surface area contributed by atoms with Gasteiger partial charge in [-0.25, -0.2) is 0 Å². The first-order valence-corrected chi connectivity index (χ1v) is 8.96. The van der Waals surface area contributed by atoms with E-state index in [2.05, 4.69) is 0 Å². The Bertz CT molecular complexity index is 718. The monoisotopic (exact) mass is 352 g/mol. The molecule has 2 aromatic carbocycles. The summed E-state index contributed by atoms with van der Waals surface area (Å²) in [7, 11) is -0.630. The van der Waals surface area contributed by atoms with Crippen molar-refractivity contribution < 1.29 is 27.2 Å². The standard InChI is InChI=1S/C17H20O6S/c1-21-15-8-4-13(5-9-15)17(18,12-23-24(3,19)20)14-6-10-16(22-2)11-7-14/h4-11,18H,12H2,1-3H3. The Morgan fingerprint density at radius 1 is 0.875 bits per heavy atom. The molecule has 0 aliphatic carbocycles. The molecule has 0 spiro atoms. The first-order valence-electron chi connectivity index (χ1n) is 7.14. The van der Waals surface area contributed by atoms with Gasteiger partial charge in [-0.3, -0.25) is 4.18 Å². The number of benzene rings is 2. The van der Waals surface area contributed by atoms with Crippen LogP contribution in [0.2, 0.25) is 0 Å². The van der Waals surface area contributed by atoms with E-state index < -0.39 is 22.3 Å². The van der Waals surface area contributed by atoms with Crippen LogP contribution in [-0.4, -0.2) is 40.6 Å². The molecular formula is C17H20O6S. The highest BCUT2D eigenvalue weighted by molar-refractivity contribution is 7.85. The molecule has 0 radical (unpaired) electrons. The Kier molecular flexibility index (Phi) is 5.48. The Morgan fingerprint density at radius 2 is 1.25 bits per heavy atom. The predicted molar refractivity (Wildman–Crippen MR) is 89.8 cm³/mol. The van der Waals surface area contributed by atoms with Gasteiger partial charge in [-0.05, 0) is 35.4 Å². The van der Waals surface area contributed by atoms with Gasteiger partial charge in [-0.1, -0.05) is 24.3 Å². The number of rotatable bonds is 7.